The fourth-order valence-electron chi connectivity index (χ4n) is 5.96. The summed E-state index contributed by atoms with van der Waals surface area (Å²) in [5.74, 6) is 0.553. The number of hydrogen-bond donors (Lipinski definition) is 0. The zero-order chi connectivity index (χ0) is 28.7. The van der Waals surface area contributed by atoms with E-state index in [0.29, 0.717) is 60.8 Å². The number of pyridine rings is 1. The minimum Gasteiger partial charge on any atom is -0.381 e. The van der Waals surface area contributed by atoms with E-state index in [9.17, 15) is 18.0 Å². The van der Waals surface area contributed by atoms with Gasteiger partial charge >= 0.3 is 11.9 Å². The van der Waals surface area contributed by atoms with Crippen LogP contribution in [0, 0.1) is 5.92 Å². The molecule has 4 aromatic rings. The maximum Gasteiger partial charge on any atom is 0.420 e. The van der Waals surface area contributed by atoms with E-state index >= 15 is 0 Å². The van der Waals surface area contributed by atoms with Gasteiger partial charge < -0.3 is 14.4 Å². The summed E-state index contributed by atoms with van der Waals surface area (Å²) >= 11 is 0. The van der Waals surface area contributed by atoms with Crippen molar-refractivity contribution in [3.05, 3.63) is 52.7 Å². The lowest BCUT2D eigenvalue weighted by Gasteiger charge is -2.23. The van der Waals surface area contributed by atoms with E-state index in [-0.39, 0.29) is 24.0 Å². The van der Waals surface area contributed by atoms with Crippen LogP contribution in [0.15, 0.2) is 41.3 Å². The van der Waals surface area contributed by atoms with Crippen molar-refractivity contribution < 1.29 is 22.6 Å². The average molecular weight is 571 g/mol. The molecule has 2 fully saturated rings. The number of likely N-dealkylation sites (tertiary alicyclic amines) is 1. The second-order valence-corrected chi connectivity index (χ2v) is 11.1. The lowest BCUT2D eigenvalue weighted by atomic mass is 10.0. The second kappa shape index (κ2) is 11.1. The highest BCUT2D eigenvalue weighted by Crippen LogP contribution is 2.36. The van der Waals surface area contributed by atoms with E-state index in [1.807, 2.05) is 12.1 Å². The van der Waals surface area contributed by atoms with Crippen LogP contribution < -0.4 is 5.69 Å². The number of aryl methyl sites for hydroxylation is 1. The Balaban J connectivity index is 1.30. The molecule has 2 atom stereocenters. The molecule has 12 heteroatoms. The largest absolute Gasteiger partial charge is 0.420 e. The zero-order valence-corrected chi connectivity index (χ0v) is 23.1. The Morgan fingerprint density at radius 1 is 1.10 bits per heavy atom. The number of rotatable bonds is 7. The molecule has 0 aliphatic carbocycles. The van der Waals surface area contributed by atoms with Crippen LogP contribution in [0.2, 0.25) is 0 Å². The van der Waals surface area contributed by atoms with Crippen molar-refractivity contribution in [3.8, 4) is 11.1 Å². The van der Waals surface area contributed by atoms with Gasteiger partial charge in [0.25, 0.3) is 0 Å². The number of imidazole rings is 1. The first kappa shape index (κ1) is 27.8. The first-order valence-corrected chi connectivity index (χ1v) is 14.0. The van der Waals surface area contributed by atoms with E-state index in [0.717, 1.165) is 30.5 Å². The molecular formula is C29H33F3N6O3. The molecule has 5 heterocycles. The third kappa shape index (κ3) is 5.47. The molecule has 2 unspecified atom stereocenters. The summed E-state index contributed by atoms with van der Waals surface area (Å²) in [6.45, 7) is 5.49. The Kier molecular flexibility index (Phi) is 7.56. The van der Waals surface area contributed by atoms with Gasteiger partial charge in [0.15, 0.2) is 11.8 Å². The molecule has 218 valence electrons. The molecule has 9 nitrogen and oxygen atoms in total. The molecule has 3 aromatic heterocycles. The van der Waals surface area contributed by atoms with Crippen LogP contribution in [0.25, 0.3) is 33.2 Å². The van der Waals surface area contributed by atoms with Gasteiger partial charge in [0, 0.05) is 56.5 Å². The molecule has 1 aromatic carbocycles. The Bertz CT molecular complexity index is 1590. The molecular weight excluding hydrogens is 537 g/mol. The molecule has 0 amide bonds. The zero-order valence-electron chi connectivity index (χ0n) is 23.1. The van der Waals surface area contributed by atoms with Crippen LogP contribution in [-0.4, -0.2) is 74.8 Å². The second-order valence-electron chi connectivity index (χ2n) is 11.1. The van der Waals surface area contributed by atoms with Crippen molar-refractivity contribution in [1.29, 1.82) is 0 Å². The topological polar surface area (TPSA) is 87.3 Å². The van der Waals surface area contributed by atoms with E-state index in [1.165, 1.54) is 16.8 Å². The monoisotopic (exact) mass is 570 g/mol. The van der Waals surface area contributed by atoms with Crippen LogP contribution in [0.1, 0.15) is 44.0 Å². The molecule has 0 bridgehead atoms. The van der Waals surface area contributed by atoms with E-state index in [2.05, 4.69) is 27.0 Å². The normalized spacial score (nSPS) is 19.9. The van der Waals surface area contributed by atoms with E-state index in [1.54, 1.807) is 23.7 Å². The molecule has 2 aliphatic rings. The highest BCUT2D eigenvalue weighted by atomic mass is 19.4. The maximum absolute atomic E-state index is 13.9. The minimum atomic E-state index is -4.58. The Morgan fingerprint density at radius 3 is 2.56 bits per heavy atom. The summed E-state index contributed by atoms with van der Waals surface area (Å²) < 4.78 is 55.9. The van der Waals surface area contributed by atoms with Crippen molar-refractivity contribution >= 4 is 22.1 Å². The van der Waals surface area contributed by atoms with Crippen molar-refractivity contribution in [2.75, 3.05) is 39.5 Å². The smallest absolute Gasteiger partial charge is 0.381 e. The van der Waals surface area contributed by atoms with Crippen LogP contribution in [0.4, 0.5) is 13.2 Å². The van der Waals surface area contributed by atoms with E-state index < -0.39 is 12.3 Å². The number of fused-ring (bicyclic) bond motifs is 3. The first-order valence-electron chi connectivity index (χ1n) is 14.0. The number of aromatic nitrogens is 5. The molecule has 2 aliphatic heterocycles. The SMILES string of the molecule is CC1CCN(CCOC(c2ccc(-c3ccc4nnc5c(c4c3)n(C3CCOCC3)c(=O)n5C)cn2)C(F)(F)F)C1. The van der Waals surface area contributed by atoms with E-state index in [4.69, 9.17) is 9.47 Å². The number of benzene rings is 1. The Hall–Kier alpha value is -3.35. The number of ether oxygens (including phenoxy) is 2. The van der Waals surface area contributed by atoms with Gasteiger partial charge in [-0.15, -0.1) is 10.2 Å². The number of nitrogens with zero attached hydrogens (tertiary/aromatic N) is 6. The van der Waals surface area contributed by atoms with Gasteiger partial charge in [-0.3, -0.25) is 14.1 Å². The fourth-order valence-corrected chi connectivity index (χ4v) is 5.96. The van der Waals surface area contributed by atoms with Crippen molar-refractivity contribution in [3.63, 3.8) is 0 Å². The predicted molar refractivity (Wildman–Crippen MR) is 148 cm³/mol. The summed E-state index contributed by atoms with van der Waals surface area (Å²) in [4.78, 5) is 19.5. The quantitative estimate of drug-likeness (QED) is 0.320. The summed E-state index contributed by atoms with van der Waals surface area (Å²) in [7, 11) is 1.68. The minimum absolute atomic E-state index is 0.0199. The van der Waals surface area contributed by atoms with Crippen molar-refractivity contribution in [1.82, 2.24) is 29.2 Å². The highest BCUT2D eigenvalue weighted by molar-refractivity contribution is 6.02. The van der Waals surface area contributed by atoms with Gasteiger partial charge in [0.1, 0.15) is 5.52 Å². The number of hydrogen-bond acceptors (Lipinski definition) is 7. The number of alkyl halides is 3. The van der Waals surface area contributed by atoms with Gasteiger partial charge in [-0.2, -0.15) is 13.2 Å². The molecule has 6 rings (SSSR count). The third-order valence-corrected chi connectivity index (χ3v) is 8.21. The molecule has 2 saturated heterocycles. The van der Waals surface area contributed by atoms with Crippen LogP contribution >= 0.6 is 0 Å². The van der Waals surface area contributed by atoms with Crippen molar-refractivity contribution in [2.45, 2.75) is 44.5 Å². The number of halogens is 3. The molecule has 0 spiro atoms. The molecule has 0 saturated carbocycles. The lowest BCUT2D eigenvalue weighted by Crippen LogP contribution is -2.30. The molecule has 0 radical (unpaired) electrons. The van der Waals surface area contributed by atoms with Gasteiger partial charge in [-0.1, -0.05) is 19.1 Å². The van der Waals surface area contributed by atoms with Crippen LogP contribution in [0.3, 0.4) is 0 Å². The Morgan fingerprint density at radius 2 is 1.88 bits per heavy atom. The first-order chi connectivity index (χ1) is 19.7. The van der Waals surface area contributed by atoms with Gasteiger partial charge in [-0.25, -0.2) is 4.79 Å². The lowest BCUT2D eigenvalue weighted by molar-refractivity contribution is -0.225. The maximum atomic E-state index is 13.9. The van der Waals surface area contributed by atoms with Crippen LogP contribution in [0.5, 0.6) is 0 Å². The van der Waals surface area contributed by atoms with Gasteiger partial charge in [0.2, 0.25) is 0 Å². The predicted octanol–water partition coefficient (Wildman–Crippen LogP) is 4.66. The van der Waals surface area contributed by atoms with Crippen LogP contribution in [-0.2, 0) is 16.5 Å². The summed E-state index contributed by atoms with van der Waals surface area (Å²) in [6, 6.07) is 8.50. The molecule has 0 N–H and O–H groups in total. The summed E-state index contributed by atoms with van der Waals surface area (Å²) in [6.07, 6.45) is -2.76. The highest BCUT2D eigenvalue weighted by Gasteiger charge is 2.43. The fraction of sp³-hybridized carbons (Fsp3) is 0.517. The average Bonchev–Trinajstić information content (AvgIpc) is 3.50. The van der Waals surface area contributed by atoms with Gasteiger partial charge in [0.05, 0.1) is 17.8 Å². The molecule has 41 heavy (non-hydrogen) atoms. The summed E-state index contributed by atoms with van der Waals surface area (Å²) in [5.41, 5.74) is 2.84. The van der Waals surface area contributed by atoms with Crippen molar-refractivity contribution in [2.24, 2.45) is 13.0 Å². The summed E-state index contributed by atoms with van der Waals surface area (Å²) in [5, 5.41) is 9.39. The third-order valence-electron chi connectivity index (χ3n) is 8.21. The van der Waals surface area contributed by atoms with Gasteiger partial charge in [-0.05, 0) is 55.5 Å². The standard InChI is InChI=1S/C29H33F3N6O3/c1-18-7-10-37(17-18)11-14-41-26(29(30,31)32)24-6-4-20(16-33-24)19-3-5-23-22(15-19)25-27(35-34-23)36(2)28(39)38(25)21-8-12-40-13-9-21/h3-6,15-16,18,21,26H,7-14,17H2,1-2H3. The Labute approximate surface area is 234 Å².